The average molecular weight is 713 g/mol. The van der Waals surface area contributed by atoms with Crippen LogP contribution in [-0.4, -0.2) is 92.5 Å². The Morgan fingerprint density at radius 2 is 1.57 bits per heavy atom. The maximum Gasteiger partial charge on any atom is 0.330 e. The molecule has 0 aromatic carbocycles. The van der Waals surface area contributed by atoms with Crippen LogP contribution in [0.15, 0.2) is 11.6 Å². The molecule has 0 spiro atoms. The van der Waals surface area contributed by atoms with Crippen molar-refractivity contribution in [2.45, 2.75) is 142 Å². The van der Waals surface area contributed by atoms with Gasteiger partial charge in [-0.2, -0.15) is 8.42 Å². The Bertz CT molecular complexity index is 1540. The summed E-state index contributed by atoms with van der Waals surface area (Å²) in [5, 5.41) is 48.6. The third-order valence-corrected chi connectivity index (χ3v) is 16.8. The number of allylic oxidation sites excluding steroid dienone is 2. The van der Waals surface area contributed by atoms with E-state index in [-0.39, 0.29) is 40.8 Å². The molecule has 12 nitrogen and oxygen atoms in total. The second kappa shape index (κ2) is 11.3. The Morgan fingerprint density at radius 3 is 2.16 bits per heavy atom. The van der Waals surface area contributed by atoms with Crippen molar-refractivity contribution in [3.63, 3.8) is 0 Å². The minimum Gasteiger partial charge on any atom is -0.481 e. The van der Waals surface area contributed by atoms with E-state index < -0.39 is 80.0 Å². The molecule has 1 aliphatic heterocycles. The molecule has 5 aliphatic carbocycles. The number of aliphatic carboxylic acids is 1. The number of aliphatic hydroxyl groups is 4. The number of hydrogen-bond acceptors (Lipinski definition) is 10. The summed E-state index contributed by atoms with van der Waals surface area (Å²) in [6.45, 7) is 13.7. The first kappa shape index (κ1) is 37.3. The van der Waals surface area contributed by atoms with Gasteiger partial charge in [0.2, 0.25) is 0 Å². The molecule has 278 valence electrons. The number of hydrogen-bond donors (Lipinski definition) is 6. The number of aliphatic hydroxyl groups excluding tert-OH is 4. The lowest BCUT2D eigenvalue weighted by atomic mass is 9.33. The van der Waals surface area contributed by atoms with E-state index in [0.717, 1.165) is 24.8 Å². The van der Waals surface area contributed by atoms with E-state index in [1.165, 1.54) is 0 Å². The molecule has 6 rings (SSSR count). The molecule has 0 bridgehead atoms. The number of fused-ring (bicyclic) bond motifs is 7. The van der Waals surface area contributed by atoms with Gasteiger partial charge < -0.3 is 35.0 Å². The minimum atomic E-state index is -5.39. The number of carboxylic acid groups (broad SMARTS) is 1. The summed E-state index contributed by atoms with van der Waals surface area (Å²) in [6.07, 6.45) is -1.19. The van der Waals surface area contributed by atoms with Gasteiger partial charge in [-0.1, -0.05) is 47.1 Å². The van der Waals surface area contributed by atoms with Gasteiger partial charge in [0.15, 0.2) is 11.9 Å². The standard InChI is InChI=1S/C36H56O12S/c1-30(2)23-8-11-35(7)27(21(38)16-19-20-17-32(4,29(42)43)13-12-31(20,3)14-15-34(19,35)6)33(23,5)10-9-24(30)48-36(49(44,45)46)28(41)26(40)25(39)22(18-37)47-36/h16,20,22-28,37,39-41H,8-15,17-18H2,1-7H3,(H,42,43)(H,44,45,46)/t20-,22+,23?,24-,25+,26-,27+,28+,31+,32?,33-,34+,35+,36+/m0/s1. The number of carboxylic acids is 1. The predicted octanol–water partition coefficient (Wildman–Crippen LogP) is 3.45. The summed E-state index contributed by atoms with van der Waals surface area (Å²) in [5.74, 6) is -1.28. The molecule has 49 heavy (non-hydrogen) atoms. The highest BCUT2D eigenvalue weighted by Gasteiger charge is 2.72. The van der Waals surface area contributed by atoms with Crippen molar-refractivity contribution in [3.05, 3.63) is 11.6 Å². The van der Waals surface area contributed by atoms with Crippen LogP contribution in [0.5, 0.6) is 0 Å². The van der Waals surface area contributed by atoms with Crippen LogP contribution in [0.25, 0.3) is 0 Å². The van der Waals surface area contributed by atoms with Crippen LogP contribution in [0.2, 0.25) is 0 Å². The summed E-state index contributed by atoms with van der Waals surface area (Å²) < 4.78 is 47.7. The van der Waals surface area contributed by atoms with E-state index in [0.29, 0.717) is 32.1 Å². The largest absolute Gasteiger partial charge is 0.481 e. The van der Waals surface area contributed by atoms with E-state index in [1.807, 2.05) is 26.8 Å². The van der Waals surface area contributed by atoms with Crippen LogP contribution >= 0.6 is 0 Å². The molecule has 13 heteroatoms. The normalized spacial score (nSPS) is 52.6. The van der Waals surface area contributed by atoms with E-state index in [4.69, 9.17) is 9.47 Å². The van der Waals surface area contributed by atoms with Crippen LogP contribution in [0.4, 0.5) is 0 Å². The van der Waals surface area contributed by atoms with Gasteiger partial charge in [0.05, 0.1) is 18.1 Å². The van der Waals surface area contributed by atoms with E-state index in [2.05, 4.69) is 27.7 Å². The molecule has 2 unspecified atom stereocenters. The summed E-state index contributed by atoms with van der Waals surface area (Å²) in [7, 11) is -5.39. The van der Waals surface area contributed by atoms with Crippen molar-refractivity contribution in [1.29, 1.82) is 0 Å². The molecular weight excluding hydrogens is 656 g/mol. The van der Waals surface area contributed by atoms with Crippen molar-refractivity contribution >= 4 is 21.9 Å². The fourth-order valence-corrected chi connectivity index (χ4v) is 13.2. The Balaban J connectivity index is 1.36. The van der Waals surface area contributed by atoms with Crippen molar-refractivity contribution in [2.75, 3.05) is 6.61 Å². The van der Waals surface area contributed by atoms with Gasteiger partial charge in [-0.3, -0.25) is 14.1 Å². The van der Waals surface area contributed by atoms with Gasteiger partial charge in [-0.25, -0.2) is 0 Å². The molecule has 1 saturated heterocycles. The first-order valence-corrected chi connectivity index (χ1v) is 19.3. The van der Waals surface area contributed by atoms with Crippen molar-refractivity contribution in [1.82, 2.24) is 0 Å². The predicted molar refractivity (Wildman–Crippen MR) is 176 cm³/mol. The molecule has 0 amide bonds. The SMILES string of the molecule is CC1(C(=O)O)CC[C@]2(C)CC[C@]3(C)C(=CC(=O)[C@@H]4[C@@]5(C)CC[C@H](O[C@]6(S(=O)(=O)O)O[C@H](CO)[C@@H](O)[C@H](O)[C@H]6O)C(C)(C)C5CC[C@]43C)[C@@H]2C1. The Morgan fingerprint density at radius 1 is 0.939 bits per heavy atom. The van der Waals surface area contributed by atoms with Gasteiger partial charge in [0.1, 0.15) is 18.3 Å². The molecule has 6 aliphatic rings. The molecule has 1 heterocycles. The van der Waals surface area contributed by atoms with Crippen LogP contribution in [0.3, 0.4) is 0 Å². The minimum absolute atomic E-state index is 0.0101. The van der Waals surface area contributed by atoms with Crippen LogP contribution in [0, 0.1) is 50.2 Å². The zero-order chi connectivity index (χ0) is 36.5. The number of carbonyl (C=O) groups excluding carboxylic acids is 1. The topological polar surface area (TPSA) is 208 Å². The number of ether oxygens (including phenoxy) is 2. The lowest BCUT2D eigenvalue weighted by Gasteiger charge is -2.70. The van der Waals surface area contributed by atoms with Gasteiger partial charge in [-0.15, -0.1) is 0 Å². The molecule has 5 fully saturated rings. The monoisotopic (exact) mass is 712 g/mol. The Kier molecular flexibility index (Phi) is 8.59. The van der Waals surface area contributed by atoms with Crippen molar-refractivity contribution in [3.8, 4) is 0 Å². The molecule has 0 aromatic heterocycles. The number of carbonyl (C=O) groups is 2. The molecule has 14 atom stereocenters. The Hall–Kier alpha value is -1.45. The highest BCUT2D eigenvalue weighted by Crippen LogP contribution is 2.75. The maximum atomic E-state index is 14.7. The lowest BCUT2D eigenvalue weighted by molar-refractivity contribution is -0.352. The third kappa shape index (κ3) is 4.88. The summed E-state index contributed by atoms with van der Waals surface area (Å²) in [4.78, 5) is 27.1. The quantitative estimate of drug-likeness (QED) is 0.179. The average Bonchev–Trinajstić information content (AvgIpc) is 2.99. The third-order valence-electron chi connectivity index (χ3n) is 15.6. The summed E-state index contributed by atoms with van der Waals surface area (Å²) in [5.41, 5.74) is -1.94. The molecule has 6 N–H and O–H groups in total. The molecule has 0 radical (unpaired) electrons. The zero-order valence-corrected chi connectivity index (χ0v) is 30.6. The second-order valence-electron chi connectivity index (χ2n) is 18.4. The van der Waals surface area contributed by atoms with Gasteiger partial charge in [0.25, 0.3) is 0 Å². The first-order valence-electron chi connectivity index (χ1n) is 17.9. The molecule has 0 aromatic rings. The number of rotatable bonds is 5. The van der Waals surface area contributed by atoms with Gasteiger partial charge in [-0.05, 0) is 110 Å². The fourth-order valence-electron chi connectivity index (χ4n) is 12.2. The van der Waals surface area contributed by atoms with E-state index >= 15 is 0 Å². The highest BCUT2D eigenvalue weighted by atomic mass is 32.2. The van der Waals surface area contributed by atoms with Crippen LogP contribution in [-0.2, 0) is 29.2 Å². The van der Waals surface area contributed by atoms with Crippen molar-refractivity contribution < 1.29 is 57.6 Å². The Labute approximate surface area is 289 Å². The smallest absolute Gasteiger partial charge is 0.330 e. The highest BCUT2D eigenvalue weighted by molar-refractivity contribution is 7.87. The van der Waals surface area contributed by atoms with Gasteiger partial charge in [0, 0.05) is 5.92 Å². The lowest BCUT2D eigenvalue weighted by Crippen LogP contribution is -2.71. The summed E-state index contributed by atoms with van der Waals surface area (Å²) in [6, 6.07) is 0. The van der Waals surface area contributed by atoms with Crippen LogP contribution < -0.4 is 0 Å². The second-order valence-corrected chi connectivity index (χ2v) is 19.9. The van der Waals surface area contributed by atoms with E-state index in [1.54, 1.807) is 0 Å². The number of ketones is 1. The van der Waals surface area contributed by atoms with Crippen LogP contribution in [0.1, 0.15) is 106 Å². The maximum absolute atomic E-state index is 14.7. The fraction of sp³-hybridized carbons (Fsp3) is 0.889. The zero-order valence-electron chi connectivity index (χ0n) is 29.8. The van der Waals surface area contributed by atoms with Crippen molar-refractivity contribution in [2.24, 2.45) is 50.2 Å². The molecular formula is C36H56O12S. The summed E-state index contributed by atoms with van der Waals surface area (Å²) >= 11 is 0. The van der Waals surface area contributed by atoms with E-state index in [9.17, 15) is 48.1 Å². The first-order chi connectivity index (χ1) is 22.4. The molecule has 4 saturated carbocycles. The van der Waals surface area contributed by atoms with Gasteiger partial charge >= 0.3 is 21.2 Å².